The first-order chi connectivity index (χ1) is 32.0. The van der Waals surface area contributed by atoms with E-state index in [0.29, 0.717) is 19.3 Å². The van der Waals surface area contributed by atoms with Gasteiger partial charge in [0.25, 0.3) is 0 Å². The number of rotatable bonds is 52. The Morgan fingerprint density at radius 3 is 0.862 bits per heavy atom. The van der Waals surface area contributed by atoms with Gasteiger partial charge in [0, 0.05) is 19.3 Å². The molecule has 0 aromatic rings. The van der Waals surface area contributed by atoms with Gasteiger partial charge in [-0.3, -0.25) is 14.4 Å². The fourth-order valence-corrected chi connectivity index (χ4v) is 8.31. The second-order valence-electron chi connectivity index (χ2n) is 19.2. The van der Waals surface area contributed by atoms with E-state index in [1.54, 1.807) is 0 Å². The first-order valence-electron chi connectivity index (χ1n) is 28.5. The van der Waals surface area contributed by atoms with Crippen molar-refractivity contribution in [2.45, 2.75) is 309 Å². The van der Waals surface area contributed by atoms with Crippen LogP contribution in [0.3, 0.4) is 0 Å². The van der Waals surface area contributed by atoms with Crippen LogP contribution < -0.4 is 0 Å². The molecule has 0 aliphatic heterocycles. The number of allylic oxidation sites excluding steroid dienone is 6. The van der Waals surface area contributed by atoms with Crippen LogP contribution in [0.2, 0.25) is 0 Å². The van der Waals surface area contributed by atoms with Gasteiger partial charge in [0.1, 0.15) is 13.2 Å². The molecule has 0 rings (SSSR count). The Hall–Kier alpha value is -2.37. The van der Waals surface area contributed by atoms with Crippen LogP contribution in [-0.2, 0) is 28.6 Å². The lowest BCUT2D eigenvalue weighted by Gasteiger charge is -2.18. The highest BCUT2D eigenvalue weighted by Crippen LogP contribution is 2.16. The number of carbonyl (C=O) groups excluding carboxylic acids is 3. The maximum atomic E-state index is 12.8. The minimum absolute atomic E-state index is 0.0756. The van der Waals surface area contributed by atoms with Crippen molar-refractivity contribution in [2.24, 2.45) is 0 Å². The summed E-state index contributed by atoms with van der Waals surface area (Å²) in [4.78, 5) is 38.1. The highest BCUT2D eigenvalue weighted by atomic mass is 16.6. The second kappa shape index (κ2) is 54.2. The minimum Gasteiger partial charge on any atom is -0.462 e. The van der Waals surface area contributed by atoms with E-state index in [-0.39, 0.29) is 31.1 Å². The summed E-state index contributed by atoms with van der Waals surface area (Å²) in [5, 5.41) is 0. The van der Waals surface area contributed by atoms with E-state index in [2.05, 4.69) is 57.2 Å². The van der Waals surface area contributed by atoms with Crippen LogP contribution in [0, 0.1) is 0 Å². The molecule has 1 atom stereocenters. The van der Waals surface area contributed by atoms with Crippen LogP contribution in [0.4, 0.5) is 0 Å². The van der Waals surface area contributed by atoms with E-state index >= 15 is 0 Å². The Labute approximate surface area is 404 Å². The van der Waals surface area contributed by atoms with Crippen molar-refractivity contribution in [2.75, 3.05) is 13.2 Å². The van der Waals surface area contributed by atoms with Gasteiger partial charge < -0.3 is 14.2 Å². The molecule has 0 bridgehead atoms. The molecule has 0 radical (unpaired) electrons. The Bertz CT molecular complexity index is 1090. The largest absolute Gasteiger partial charge is 0.462 e. The molecule has 0 saturated heterocycles. The summed E-state index contributed by atoms with van der Waals surface area (Å²) >= 11 is 0. The normalized spacial score (nSPS) is 12.2. The minimum atomic E-state index is -0.777. The zero-order chi connectivity index (χ0) is 47.2. The number of hydrogen-bond donors (Lipinski definition) is 0. The number of carbonyl (C=O) groups is 3. The Kier molecular flexibility index (Phi) is 52.3. The van der Waals surface area contributed by atoms with Crippen LogP contribution >= 0.6 is 0 Å². The standard InChI is InChI=1S/C59H108O6/c1-4-7-10-13-16-19-22-25-27-29-31-32-34-37-40-43-46-49-52-58(61)64-55-56(54-63-57(60)51-48-45-42-39-36-24-21-18-15-12-9-6-3)65-59(62)53-50-47-44-41-38-35-33-30-28-26-23-20-17-14-11-8-5-2/h26-29,31-32,56H,4-25,30,33-55H2,1-3H3/b28-26-,29-27-,32-31-. The molecular weight excluding hydrogens is 805 g/mol. The van der Waals surface area contributed by atoms with Crippen molar-refractivity contribution < 1.29 is 28.6 Å². The smallest absolute Gasteiger partial charge is 0.306 e. The zero-order valence-electron chi connectivity index (χ0n) is 43.5. The van der Waals surface area contributed by atoms with Crippen molar-refractivity contribution in [1.82, 2.24) is 0 Å². The molecule has 0 aliphatic rings. The number of hydrogen-bond acceptors (Lipinski definition) is 6. The molecule has 6 nitrogen and oxygen atoms in total. The van der Waals surface area contributed by atoms with Crippen LogP contribution in [0.5, 0.6) is 0 Å². The molecule has 65 heavy (non-hydrogen) atoms. The maximum Gasteiger partial charge on any atom is 0.306 e. The van der Waals surface area contributed by atoms with Crippen molar-refractivity contribution in [3.63, 3.8) is 0 Å². The first kappa shape index (κ1) is 62.6. The molecule has 0 heterocycles. The lowest BCUT2D eigenvalue weighted by Crippen LogP contribution is -2.30. The van der Waals surface area contributed by atoms with E-state index in [1.807, 2.05) is 0 Å². The molecule has 0 fully saturated rings. The third-order valence-corrected chi connectivity index (χ3v) is 12.6. The van der Waals surface area contributed by atoms with Gasteiger partial charge in [0.05, 0.1) is 0 Å². The fraction of sp³-hybridized carbons (Fsp3) is 0.847. The Morgan fingerprint density at radius 1 is 0.308 bits per heavy atom. The number of unbranched alkanes of at least 4 members (excludes halogenated alkanes) is 36. The van der Waals surface area contributed by atoms with Crippen molar-refractivity contribution in [3.8, 4) is 0 Å². The second-order valence-corrected chi connectivity index (χ2v) is 19.2. The van der Waals surface area contributed by atoms with Crippen LogP contribution in [0.1, 0.15) is 303 Å². The molecule has 1 unspecified atom stereocenters. The summed E-state index contributed by atoms with van der Waals surface area (Å²) in [6.45, 7) is 6.64. The topological polar surface area (TPSA) is 78.9 Å². The van der Waals surface area contributed by atoms with Gasteiger partial charge in [0.15, 0.2) is 6.10 Å². The average molecular weight is 914 g/mol. The molecule has 380 valence electrons. The van der Waals surface area contributed by atoms with E-state index < -0.39 is 6.10 Å². The van der Waals surface area contributed by atoms with E-state index in [0.717, 1.165) is 77.0 Å². The lowest BCUT2D eigenvalue weighted by atomic mass is 10.0. The predicted molar refractivity (Wildman–Crippen MR) is 279 cm³/mol. The fourth-order valence-electron chi connectivity index (χ4n) is 8.31. The summed E-state index contributed by atoms with van der Waals surface area (Å²) in [5.41, 5.74) is 0. The predicted octanol–water partition coefficient (Wildman–Crippen LogP) is 18.9. The summed E-state index contributed by atoms with van der Waals surface area (Å²) in [6, 6.07) is 0. The van der Waals surface area contributed by atoms with Crippen LogP contribution in [0.15, 0.2) is 36.5 Å². The van der Waals surface area contributed by atoms with Crippen molar-refractivity contribution >= 4 is 17.9 Å². The van der Waals surface area contributed by atoms with E-state index in [1.165, 1.54) is 186 Å². The van der Waals surface area contributed by atoms with Gasteiger partial charge in [-0.15, -0.1) is 0 Å². The summed E-state index contributed by atoms with van der Waals surface area (Å²) < 4.78 is 16.8. The third kappa shape index (κ3) is 52.5. The number of esters is 3. The van der Waals surface area contributed by atoms with Gasteiger partial charge in [-0.25, -0.2) is 0 Å². The zero-order valence-corrected chi connectivity index (χ0v) is 43.5. The van der Waals surface area contributed by atoms with Crippen molar-refractivity contribution in [3.05, 3.63) is 36.5 Å². The molecule has 0 spiro atoms. The molecular formula is C59H108O6. The lowest BCUT2D eigenvalue weighted by molar-refractivity contribution is -0.167. The molecule has 0 aliphatic carbocycles. The SMILES string of the molecule is CCCCCCCC/C=C\CCCCCCCCCC(=O)OC(COC(=O)CCCCCCC/C=C\C=C/CCCCCCCCC)COC(=O)CCCCCCCCCCCCCC. The summed E-state index contributed by atoms with van der Waals surface area (Å²) in [7, 11) is 0. The molecule has 0 aromatic carbocycles. The molecule has 6 heteroatoms. The van der Waals surface area contributed by atoms with Gasteiger partial charge in [-0.05, 0) is 70.6 Å². The van der Waals surface area contributed by atoms with Gasteiger partial charge in [-0.1, -0.05) is 250 Å². The molecule has 0 N–H and O–H groups in total. The molecule has 0 aromatic heterocycles. The average Bonchev–Trinajstić information content (AvgIpc) is 3.30. The van der Waals surface area contributed by atoms with Gasteiger partial charge in [0.2, 0.25) is 0 Å². The first-order valence-corrected chi connectivity index (χ1v) is 28.5. The van der Waals surface area contributed by atoms with Crippen LogP contribution in [-0.4, -0.2) is 37.2 Å². The highest BCUT2D eigenvalue weighted by Gasteiger charge is 2.19. The molecule has 0 amide bonds. The quantitative estimate of drug-likeness (QED) is 0.0199. The summed E-state index contributed by atoms with van der Waals surface area (Å²) in [5.74, 6) is -0.881. The van der Waals surface area contributed by atoms with Crippen molar-refractivity contribution in [1.29, 1.82) is 0 Å². The third-order valence-electron chi connectivity index (χ3n) is 12.6. The highest BCUT2D eigenvalue weighted by molar-refractivity contribution is 5.71. The van der Waals surface area contributed by atoms with E-state index in [4.69, 9.17) is 14.2 Å². The van der Waals surface area contributed by atoms with Gasteiger partial charge in [-0.2, -0.15) is 0 Å². The molecule has 0 saturated carbocycles. The summed E-state index contributed by atoms with van der Waals surface area (Å²) in [6.07, 6.45) is 64.1. The Morgan fingerprint density at radius 2 is 0.554 bits per heavy atom. The Balaban J connectivity index is 4.36. The number of ether oxygens (including phenoxy) is 3. The van der Waals surface area contributed by atoms with Crippen LogP contribution in [0.25, 0.3) is 0 Å². The van der Waals surface area contributed by atoms with Gasteiger partial charge >= 0.3 is 17.9 Å². The maximum absolute atomic E-state index is 12.8. The monoisotopic (exact) mass is 913 g/mol. The van der Waals surface area contributed by atoms with E-state index in [9.17, 15) is 14.4 Å².